The van der Waals surface area contributed by atoms with Crippen molar-refractivity contribution in [2.45, 2.75) is 32.6 Å². The van der Waals surface area contributed by atoms with Gasteiger partial charge in [-0.15, -0.1) is 22.9 Å². The average Bonchev–Trinajstić information content (AvgIpc) is 2.61. The summed E-state index contributed by atoms with van der Waals surface area (Å²) in [5, 5.41) is 0.0939. The van der Waals surface area contributed by atoms with Crippen LogP contribution >= 0.6 is 22.9 Å². The van der Waals surface area contributed by atoms with E-state index in [0.717, 1.165) is 6.42 Å². The zero-order valence-electron chi connectivity index (χ0n) is 10.5. The van der Waals surface area contributed by atoms with Gasteiger partial charge in [0.05, 0.1) is 5.38 Å². The fraction of sp³-hybridized carbons (Fsp3) is 0.333. The van der Waals surface area contributed by atoms with Crippen molar-refractivity contribution in [1.29, 1.82) is 0 Å². The highest BCUT2D eigenvalue weighted by molar-refractivity contribution is 7.12. The van der Waals surface area contributed by atoms with E-state index in [2.05, 4.69) is 51.1 Å². The van der Waals surface area contributed by atoms with Crippen LogP contribution in [0, 0.1) is 20.8 Å². The van der Waals surface area contributed by atoms with E-state index >= 15 is 0 Å². The molecule has 0 aliphatic heterocycles. The van der Waals surface area contributed by atoms with E-state index in [9.17, 15) is 0 Å². The lowest BCUT2D eigenvalue weighted by Gasteiger charge is -2.09. The van der Waals surface area contributed by atoms with Crippen molar-refractivity contribution in [3.63, 3.8) is 0 Å². The molecule has 0 amide bonds. The molecule has 0 saturated carbocycles. The Balaban J connectivity index is 2.14. The molecule has 0 aliphatic carbocycles. The molecule has 1 aromatic carbocycles. The number of benzene rings is 1. The van der Waals surface area contributed by atoms with Crippen molar-refractivity contribution in [2.75, 3.05) is 0 Å². The number of alkyl halides is 1. The van der Waals surface area contributed by atoms with E-state index in [-0.39, 0.29) is 5.38 Å². The third-order valence-electron chi connectivity index (χ3n) is 2.90. The molecule has 1 atom stereocenters. The van der Waals surface area contributed by atoms with Crippen LogP contribution in [0.3, 0.4) is 0 Å². The van der Waals surface area contributed by atoms with Gasteiger partial charge in [-0.1, -0.05) is 29.8 Å². The summed E-state index contributed by atoms with van der Waals surface area (Å²) >= 11 is 8.32. The molecule has 1 heterocycles. The Kier molecular flexibility index (Phi) is 3.90. The predicted molar refractivity (Wildman–Crippen MR) is 77.3 cm³/mol. The van der Waals surface area contributed by atoms with Gasteiger partial charge in [0.25, 0.3) is 0 Å². The van der Waals surface area contributed by atoms with Crippen LogP contribution in [-0.2, 0) is 6.42 Å². The first-order valence-electron chi connectivity index (χ1n) is 5.83. The van der Waals surface area contributed by atoms with E-state index in [0.29, 0.717) is 0 Å². The summed E-state index contributed by atoms with van der Waals surface area (Å²) in [6.45, 7) is 6.38. The van der Waals surface area contributed by atoms with Gasteiger partial charge in [-0.05, 0) is 44.4 Å². The van der Waals surface area contributed by atoms with Crippen LogP contribution in [0.5, 0.6) is 0 Å². The lowest BCUT2D eigenvalue weighted by molar-refractivity contribution is 0.931. The molecule has 0 aliphatic rings. The summed E-state index contributed by atoms with van der Waals surface area (Å²) in [5.74, 6) is 0. The molecule has 0 saturated heterocycles. The summed E-state index contributed by atoms with van der Waals surface area (Å²) in [5.41, 5.74) is 3.92. The maximum absolute atomic E-state index is 6.51. The number of halogens is 1. The maximum Gasteiger partial charge on any atom is 0.0721 e. The first-order chi connectivity index (χ1) is 8.06. The molecule has 0 radical (unpaired) electrons. The second-order valence-corrected chi connectivity index (χ2v) is 6.38. The molecule has 0 bridgehead atoms. The molecule has 90 valence electrons. The highest BCUT2D eigenvalue weighted by atomic mass is 35.5. The molecule has 2 heteroatoms. The number of hydrogen-bond acceptors (Lipinski definition) is 1. The van der Waals surface area contributed by atoms with Gasteiger partial charge in [-0.25, -0.2) is 0 Å². The summed E-state index contributed by atoms with van der Waals surface area (Å²) < 4.78 is 0. The molecular weight excluding hydrogens is 248 g/mol. The normalized spacial score (nSPS) is 12.7. The molecule has 2 aromatic rings. The third kappa shape index (κ3) is 3.11. The molecule has 0 nitrogen and oxygen atoms in total. The van der Waals surface area contributed by atoms with Crippen LogP contribution in [0.25, 0.3) is 0 Å². The molecule has 0 fully saturated rings. The zero-order valence-corrected chi connectivity index (χ0v) is 12.0. The zero-order chi connectivity index (χ0) is 12.4. The Morgan fingerprint density at radius 1 is 1.12 bits per heavy atom. The maximum atomic E-state index is 6.51. The molecule has 2 rings (SSSR count). The van der Waals surface area contributed by atoms with Gasteiger partial charge in [0.2, 0.25) is 0 Å². The van der Waals surface area contributed by atoms with Crippen LogP contribution in [0.1, 0.15) is 31.8 Å². The summed E-state index contributed by atoms with van der Waals surface area (Å²) in [4.78, 5) is 2.65. The Bertz CT molecular complexity index is 496. The van der Waals surface area contributed by atoms with E-state index in [1.807, 2.05) is 11.3 Å². The van der Waals surface area contributed by atoms with Gasteiger partial charge < -0.3 is 0 Å². The fourth-order valence-electron chi connectivity index (χ4n) is 1.99. The summed E-state index contributed by atoms with van der Waals surface area (Å²) in [6, 6.07) is 10.8. The highest BCUT2D eigenvalue weighted by Crippen LogP contribution is 2.33. The van der Waals surface area contributed by atoms with E-state index in [1.54, 1.807) is 0 Å². The number of rotatable bonds is 3. The van der Waals surface area contributed by atoms with Gasteiger partial charge in [0.1, 0.15) is 0 Å². The highest BCUT2D eigenvalue weighted by Gasteiger charge is 2.14. The third-order valence-corrected chi connectivity index (χ3v) is 4.67. The summed E-state index contributed by atoms with van der Waals surface area (Å²) in [6.07, 6.45) is 0.905. The van der Waals surface area contributed by atoms with Gasteiger partial charge in [0, 0.05) is 9.75 Å². The lowest BCUT2D eigenvalue weighted by Crippen LogP contribution is -1.95. The molecule has 0 N–H and O–H groups in total. The second kappa shape index (κ2) is 5.24. The van der Waals surface area contributed by atoms with Crippen LogP contribution in [0.15, 0.2) is 30.3 Å². The quantitative estimate of drug-likeness (QED) is 0.669. The Hall–Kier alpha value is -0.790. The predicted octanol–water partition coefficient (Wildman–Crippen LogP) is 5.20. The first-order valence-corrected chi connectivity index (χ1v) is 7.08. The second-order valence-electron chi connectivity index (χ2n) is 4.56. The van der Waals surface area contributed by atoms with Crippen LogP contribution in [0.4, 0.5) is 0 Å². The van der Waals surface area contributed by atoms with Crippen molar-refractivity contribution in [3.05, 3.63) is 56.8 Å². The largest absolute Gasteiger partial charge is 0.144 e. The minimum atomic E-state index is 0.0939. The summed E-state index contributed by atoms with van der Waals surface area (Å²) in [7, 11) is 0. The number of thiophene rings is 1. The van der Waals surface area contributed by atoms with Gasteiger partial charge >= 0.3 is 0 Å². The smallest absolute Gasteiger partial charge is 0.0721 e. The van der Waals surface area contributed by atoms with E-state index < -0.39 is 0 Å². The lowest BCUT2D eigenvalue weighted by atomic mass is 10.1. The minimum absolute atomic E-state index is 0.0939. The van der Waals surface area contributed by atoms with Crippen molar-refractivity contribution < 1.29 is 0 Å². The SMILES string of the molecule is Cc1ccc(CC(Cl)c2sc(C)cc2C)cc1. The van der Waals surface area contributed by atoms with Crippen molar-refractivity contribution >= 4 is 22.9 Å². The minimum Gasteiger partial charge on any atom is -0.144 e. The molecule has 0 spiro atoms. The molecular formula is C15H17ClS. The standard InChI is InChI=1S/C15H17ClS/c1-10-4-6-13(7-5-10)9-14(16)15-11(2)8-12(3)17-15/h4-8,14H,9H2,1-3H3. The molecule has 1 unspecified atom stereocenters. The topological polar surface area (TPSA) is 0 Å². The van der Waals surface area contributed by atoms with Crippen LogP contribution in [0.2, 0.25) is 0 Å². The van der Waals surface area contributed by atoms with Crippen molar-refractivity contribution in [1.82, 2.24) is 0 Å². The Morgan fingerprint density at radius 2 is 1.76 bits per heavy atom. The Labute approximate surface area is 112 Å². The number of hydrogen-bond donors (Lipinski definition) is 0. The number of aryl methyl sites for hydroxylation is 3. The Morgan fingerprint density at radius 3 is 2.29 bits per heavy atom. The van der Waals surface area contributed by atoms with Crippen LogP contribution in [-0.4, -0.2) is 0 Å². The van der Waals surface area contributed by atoms with Gasteiger partial charge in [0.15, 0.2) is 0 Å². The van der Waals surface area contributed by atoms with Gasteiger partial charge in [-0.2, -0.15) is 0 Å². The fourth-order valence-corrected chi connectivity index (χ4v) is 3.49. The molecule has 17 heavy (non-hydrogen) atoms. The molecule has 1 aromatic heterocycles. The average molecular weight is 265 g/mol. The van der Waals surface area contributed by atoms with Crippen molar-refractivity contribution in [2.24, 2.45) is 0 Å². The van der Waals surface area contributed by atoms with Gasteiger partial charge in [-0.3, -0.25) is 0 Å². The van der Waals surface area contributed by atoms with Crippen molar-refractivity contribution in [3.8, 4) is 0 Å². The first kappa shape index (κ1) is 12.7. The van der Waals surface area contributed by atoms with E-state index in [4.69, 9.17) is 11.6 Å². The van der Waals surface area contributed by atoms with E-state index in [1.165, 1.54) is 26.4 Å². The van der Waals surface area contributed by atoms with Crippen LogP contribution < -0.4 is 0 Å². The monoisotopic (exact) mass is 264 g/mol.